The van der Waals surface area contributed by atoms with Crippen LogP contribution in [-0.4, -0.2) is 22.8 Å². The first-order valence-electron chi connectivity index (χ1n) is 5.98. The summed E-state index contributed by atoms with van der Waals surface area (Å²) in [5, 5.41) is 22.7. The molecule has 1 atom stereocenters. The number of halogens is 1. The number of nitrogens with one attached hydrogen (secondary N) is 1. The Morgan fingerprint density at radius 2 is 2.12 bits per heavy atom. The second-order valence-electron chi connectivity index (χ2n) is 4.46. The van der Waals surface area contributed by atoms with Gasteiger partial charge >= 0.3 is 0 Å². The van der Waals surface area contributed by atoms with E-state index in [1.165, 1.54) is 0 Å². The van der Waals surface area contributed by atoms with Crippen molar-refractivity contribution in [3.8, 4) is 11.5 Å². The molecule has 0 spiro atoms. The molecule has 0 amide bonds. The van der Waals surface area contributed by atoms with Gasteiger partial charge in [0.15, 0.2) is 11.5 Å². The summed E-state index contributed by atoms with van der Waals surface area (Å²) in [6.07, 6.45) is 3.97. The van der Waals surface area contributed by atoms with Gasteiger partial charge in [0.05, 0.1) is 0 Å². The van der Waals surface area contributed by atoms with E-state index in [0.29, 0.717) is 6.04 Å². The van der Waals surface area contributed by atoms with E-state index in [1.54, 1.807) is 6.07 Å². The molecule has 1 aliphatic carbocycles. The number of hydrogen-bond donors (Lipinski definition) is 3. The first-order valence-corrected chi connectivity index (χ1v) is 5.98. The first-order chi connectivity index (χ1) is 7.72. The third-order valence-electron chi connectivity index (χ3n) is 3.25. The highest BCUT2D eigenvalue weighted by Crippen LogP contribution is 2.35. The molecule has 96 valence electrons. The maximum absolute atomic E-state index is 9.74. The van der Waals surface area contributed by atoms with E-state index in [4.69, 9.17) is 0 Å². The van der Waals surface area contributed by atoms with Crippen LogP contribution in [0.15, 0.2) is 12.1 Å². The Hall–Kier alpha value is -0.740. The summed E-state index contributed by atoms with van der Waals surface area (Å²) in [6.45, 7) is 3.21. The lowest BCUT2D eigenvalue weighted by Crippen LogP contribution is -2.34. The zero-order valence-electron chi connectivity index (χ0n) is 10.1. The number of phenols is 2. The number of hydrogen-bond acceptors (Lipinski definition) is 3. The molecule has 0 saturated heterocycles. The summed E-state index contributed by atoms with van der Waals surface area (Å²) in [5.74, 6) is 0.0742. The zero-order chi connectivity index (χ0) is 11.5. The molecule has 0 aromatic heterocycles. The molecule has 2 rings (SSSR count). The van der Waals surface area contributed by atoms with Crippen LogP contribution in [0.1, 0.15) is 30.9 Å². The lowest BCUT2D eigenvalue weighted by Gasteiger charge is -2.26. The van der Waals surface area contributed by atoms with E-state index in [2.05, 4.69) is 12.2 Å². The van der Waals surface area contributed by atoms with Crippen LogP contribution in [-0.2, 0) is 12.8 Å². The van der Waals surface area contributed by atoms with Crippen LogP contribution in [0.3, 0.4) is 0 Å². The smallest absolute Gasteiger partial charge is 0.160 e. The van der Waals surface area contributed by atoms with Gasteiger partial charge in [-0.2, -0.15) is 0 Å². The Kier molecular flexibility index (Phi) is 5.28. The minimum absolute atomic E-state index is 0. The molecule has 0 fully saturated rings. The third kappa shape index (κ3) is 3.13. The lowest BCUT2D eigenvalue weighted by atomic mass is 9.87. The standard InChI is InChI=1S/C13H19NO2.BrH/c1-2-7-14-10-4-5-11-9(8-10)3-6-12(15)13(11)16;/h3,6,10,14-16H,2,4-5,7-8H2,1H3;1H. The fraction of sp³-hybridized carbons (Fsp3) is 0.538. The van der Waals surface area contributed by atoms with Crippen molar-refractivity contribution < 1.29 is 10.2 Å². The summed E-state index contributed by atoms with van der Waals surface area (Å²) in [5.41, 5.74) is 2.09. The molecular formula is C13H20BrNO2. The molecule has 3 N–H and O–H groups in total. The first kappa shape index (κ1) is 14.3. The maximum Gasteiger partial charge on any atom is 0.160 e. The highest BCUT2D eigenvalue weighted by Gasteiger charge is 2.21. The molecule has 1 aliphatic rings. The molecule has 0 saturated carbocycles. The largest absolute Gasteiger partial charge is 0.504 e. The Morgan fingerprint density at radius 3 is 2.82 bits per heavy atom. The Morgan fingerprint density at radius 1 is 1.35 bits per heavy atom. The summed E-state index contributed by atoms with van der Waals surface area (Å²) in [6, 6.07) is 4.01. The van der Waals surface area contributed by atoms with Crippen LogP contribution in [0, 0.1) is 0 Å². The van der Waals surface area contributed by atoms with Crippen LogP contribution < -0.4 is 5.32 Å². The molecular weight excluding hydrogens is 282 g/mol. The van der Waals surface area contributed by atoms with Gasteiger partial charge in [0, 0.05) is 11.6 Å². The van der Waals surface area contributed by atoms with E-state index in [0.717, 1.165) is 43.4 Å². The van der Waals surface area contributed by atoms with Gasteiger partial charge in [-0.05, 0) is 43.9 Å². The van der Waals surface area contributed by atoms with E-state index in [-0.39, 0.29) is 28.5 Å². The van der Waals surface area contributed by atoms with Gasteiger partial charge in [0.2, 0.25) is 0 Å². The number of rotatable bonds is 3. The highest BCUT2D eigenvalue weighted by atomic mass is 79.9. The molecule has 4 heteroatoms. The predicted octanol–water partition coefficient (Wildman–Crippen LogP) is 2.53. The normalized spacial score (nSPS) is 18.3. The van der Waals surface area contributed by atoms with Gasteiger partial charge in [-0.1, -0.05) is 13.0 Å². The van der Waals surface area contributed by atoms with Crippen LogP contribution in [0.5, 0.6) is 11.5 Å². The Labute approximate surface area is 113 Å². The molecule has 0 bridgehead atoms. The van der Waals surface area contributed by atoms with Crippen LogP contribution in [0.2, 0.25) is 0 Å². The van der Waals surface area contributed by atoms with Crippen molar-refractivity contribution in [2.24, 2.45) is 0 Å². The molecule has 0 heterocycles. The maximum atomic E-state index is 9.74. The quantitative estimate of drug-likeness (QED) is 0.752. The predicted molar refractivity (Wildman–Crippen MR) is 74.2 cm³/mol. The number of phenolic OH excluding ortho intramolecular Hbond substituents is 2. The number of aromatic hydroxyl groups is 2. The average molecular weight is 302 g/mol. The molecule has 17 heavy (non-hydrogen) atoms. The molecule has 1 unspecified atom stereocenters. The number of fused-ring (bicyclic) bond motifs is 1. The fourth-order valence-electron chi connectivity index (χ4n) is 2.34. The molecule has 1 aromatic carbocycles. The zero-order valence-corrected chi connectivity index (χ0v) is 11.8. The van der Waals surface area contributed by atoms with Gasteiger partial charge in [-0.3, -0.25) is 0 Å². The topological polar surface area (TPSA) is 52.5 Å². The minimum Gasteiger partial charge on any atom is -0.504 e. The second kappa shape index (κ2) is 6.26. The van der Waals surface area contributed by atoms with Gasteiger partial charge in [0.1, 0.15) is 0 Å². The van der Waals surface area contributed by atoms with Crippen molar-refractivity contribution in [1.29, 1.82) is 0 Å². The fourth-order valence-corrected chi connectivity index (χ4v) is 2.34. The SMILES string of the molecule is Br.CCCNC1CCc2c(ccc(O)c2O)C1. The van der Waals surface area contributed by atoms with Gasteiger partial charge in [-0.15, -0.1) is 17.0 Å². The number of benzene rings is 1. The van der Waals surface area contributed by atoms with Gasteiger partial charge in [0.25, 0.3) is 0 Å². The average Bonchev–Trinajstić information content (AvgIpc) is 2.31. The monoisotopic (exact) mass is 301 g/mol. The van der Waals surface area contributed by atoms with Crippen LogP contribution >= 0.6 is 17.0 Å². The van der Waals surface area contributed by atoms with E-state index < -0.39 is 0 Å². The van der Waals surface area contributed by atoms with E-state index in [1.807, 2.05) is 6.07 Å². The van der Waals surface area contributed by atoms with Crippen molar-refractivity contribution >= 4 is 17.0 Å². The van der Waals surface area contributed by atoms with E-state index >= 15 is 0 Å². The Bertz CT molecular complexity index is 382. The van der Waals surface area contributed by atoms with E-state index in [9.17, 15) is 10.2 Å². The lowest BCUT2D eigenvalue weighted by molar-refractivity contribution is 0.388. The molecule has 0 aliphatic heterocycles. The van der Waals surface area contributed by atoms with Crippen molar-refractivity contribution in [2.75, 3.05) is 6.54 Å². The minimum atomic E-state index is -0.00119. The van der Waals surface area contributed by atoms with Gasteiger partial charge < -0.3 is 15.5 Å². The van der Waals surface area contributed by atoms with Crippen molar-refractivity contribution in [2.45, 2.75) is 38.6 Å². The van der Waals surface area contributed by atoms with Gasteiger partial charge in [-0.25, -0.2) is 0 Å². The van der Waals surface area contributed by atoms with Crippen molar-refractivity contribution in [3.63, 3.8) is 0 Å². The molecule has 1 aromatic rings. The highest BCUT2D eigenvalue weighted by molar-refractivity contribution is 8.93. The van der Waals surface area contributed by atoms with Crippen LogP contribution in [0.4, 0.5) is 0 Å². The second-order valence-corrected chi connectivity index (χ2v) is 4.46. The molecule has 3 nitrogen and oxygen atoms in total. The summed E-state index contributed by atoms with van der Waals surface area (Å²) >= 11 is 0. The summed E-state index contributed by atoms with van der Waals surface area (Å²) < 4.78 is 0. The Balaban J connectivity index is 0.00000144. The summed E-state index contributed by atoms with van der Waals surface area (Å²) in [4.78, 5) is 0. The van der Waals surface area contributed by atoms with Crippen molar-refractivity contribution in [1.82, 2.24) is 5.32 Å². The molecule has 0 radical (unpaired) electrons. The van der Waals surface area contributed by atoms with Crippen molar-refractivity contribution in [3.05, 3.63) is 23.3 Å². The third-order valence-corrected chi connectivity index (χ3v) is 3.25. The van der Waals surface area contributed by atoms with Crippen LogP contribution in [0.25, 0.3) is 0 Å². The summed E-state index contributed by atoms with van der Waals surface area (Å²) in [7, 11) is 0.